The molecule has 0 unspecified atom stereocenters. The fourth-order valence-electron chi connectivity index (χ4n) is 2.22. The van der Waals surface area contributed by atoms with Gasteiger partial charge in [-0.2, -0.15) is 0 Å². The molecular formula is C21H22N2O4. The number of para-hydroxylation sites is 2. The molecule has 2 aromatic rings. The van der Waals surface area contributed by atoms with E-state index in [1.54, 1.807) is 48.5 Å². The first-order valence-electron chi connectivity index (χ1n) is 8.53. The van der Waals surface area contributed by atoms with Gasteiger partial charge >= 0.3 is 5.97 Å². The smallest absolute Gasteiger partial charge is 0.308 e. The molecule has 2 rings (SSSR count). The van der Waals surface area contributed by atoms with Crippen LogP contribution in [-0.2, 0) is 9.59 Å². The van der Waals surface area contributed by atoms with E-state index in [-0.39, 0.29) is 23.5 Å². The molecule has 6 heteroatoms. The molecule has 0 saturated carbocycles. The number of carbonyl (C=O) groups is 3. The number of carbonyl (C=O) groups excluding carboxylic acids is 3. The summed E-state index contributed by atoms with van der Waals surface area (Å²) in [7, 11) is 0. The van der Waals surface area contributed by atoms with Gasteiger partial charge in [0.25, 0.3) is 5.91 Å². The molecule has 0 heterocycles. The SMILES string of the molecule is CC(=O)Oc1cccc(C(=O)Nc2ccccc2NC(=O)/C=C/C(C)C)c1. The van der Waals surface area contributed by atoms with E-state index in [2.05, 4.69) is 10.6 Å². The summed E-state index contributed by atoms with van der Waals surface area (Å²) < 4.78 is 4.99. The minimum absolute atomic E-state index is 0.259. The van der Waals surface area contributed by atoms with E-state index in [0.717, 1.165) is 0 Å². The van der Waals surface area contributed by atoms with Crippen LogP contribution in [0.2, 0.25) is 0 Å². The number of allylic oxidation sites excluding steroid dienone is 1. The van der Waals surface area contributed by atoms with Crippen LogP contribution in [0.4, 0.5) is 11.4 Å². The van der Waals surface area contributed by atoms with Crippen LogP contribution in [0.3, 0.4) is 0 Å². The van der Waals surface area contributed by atoms with Crippen molar-refractivity contribution < 1.29 is 19.1 Å². The molecule has 0 saturated heterocycles. The van der Waals surface area contributed by atoms with E-state index in [9.17, 15) is 14.4 Å². The molecule has 0 fully saturated rings. The van der Waals surface area contributed by atoms with Gasteiger partial charge in [-0.15, -0.1) is 0 Å². The van der Waals surface area contributed by atoms with Gasteiger partial charge in [0.05, 0.1) is 11.4 Å². The third kappa shape index (κ3) is 6.43. The monoisotopic (exact) mass is 366 g/mol. The molecule has 2 aromatic carbocycles. The first-order valence-corrected chi connectivity index (χ1v) is 8.53. The Morgan fingerprint density at radius 2 is 1.63 bits per heavy atom. The number of nitrogens with one attached hydrogen (secondary N) is 2. The van der Waals surface area contributed by atoms with Crippen LogP contribution in [0, 0.1) is 5.92 Å². The predicted molar refractivity (Wildman–Crippen MR) is 105 cm³/mol. The fraction of sp³-hybridized carbons (Fsp3) is 0.190. The molecule has 0 aliphatic carbocycles. The lowest BCUT2D eigenvalue weighted by molar-refractivity contribution is -0.131. The van der Waals surface area contributed by atoms with Crippen molar-refractivity contribution in [2.75, 3.05) is 10.6 Å². The number of anilines is 2. The standard InChI is InChI=1S/C21H22N2O4/c1-14(2)11-12-20(25)22-18-9-4-5-10-19(18)23-21(26)16-7-6-8-17(13-16)27-15(3)24/h4-14H,1-3H3,(H,22,25)(H,23,26)/b12-11+. The van der Waals surface area contributed by atoms with Gasteiger partial charge in [0.1, 0.15) is 5.75 Å². The lowest BCUT2D eigenvalue weighted by Crippen LogP contribution is -2.15. The number of amides is 2. The minimum Gasteiger partial charge on any atom is -0.427 e. The third-order valence-electron chi connectivity index (χ3n) is 3.42. The summed E-state index contributed by atoms with van der Waals surface area (Å²) >= 11 is 0. The summed E-state index contributed by atoms with van der Waals surface area (Å²) in [5.74, 6) is -0.577. The van der Waals surface area contributed by atoms with E-state index in [1.807, 2.05) is 13.8 Å². The Morgan fingerprint density at radius 1 is 0.963 bits per heavy atom. The summed E-state index contributed by atoms with van der Waals surface area (Å²) in [6, 6.07) is 13.2. The third-order valence-corrected chi connectivity index (χ3v) is 3.42. The van der Waals surface area contributed by atoms with Crippen LogP contribution in [0.15, 0.2) is 60.7 Å². The fourth-order valence-corrected chi connectivity index (χ4v) is 2.22. The van der Waals surface area contributed by atoms with E-state index in [4.69, 9.17) is 4.74 Å². The molecule has 0 bridgehead atoms. The molecule has 2 N–H and O–H groups in total. The lowest BCUT2D eigenvalue weighted by atomic mass is 10.2. The zero-order chi connectivity index (χ0) is 19.8. The highest BCUT2D eigenvalue weighted by Gasteiger charge is 2.11. The van der Waals surface area contributed by atoms with Gasteiger partial charge in [0.2, 0.25) is 5.91 Å². The molecule has 0 atom stereocenters. The van der Waals surface area contributed by atoms with Crippen molar-refractivity contribution in [3.63, 3.8) is 0 Å². The highest BCUT2D eigenvalue weighted by atomic mass is 16.5. The first kappa shape index (κ1) is 19.9. The normalized spacial score (nSPS) is 10.7. The maximum atomic E-state index is 12.5. The second kappa shape index (κ2) is 9.33. The Balaban J connectivity index is 2.14. The van der Waals surface area contributed by atoms with Gasteiger partial charge < -0.3 is 15.4 Å². The van der Waals surface area contributed by atoms with E-state index in [0.29, 0.717) is 16.9 Å². The molecule has 0 radical (unpaired) electrons. The minimum atomic E-state index is -0.463. The number of hydrogen-bond acceptors (Lipinski definition) is 4. The highest BCUT2D eigenvalue weighted by molar-refractivity contribution is 6.08. The van der Waals surface area contributed by atoms with Gasteiger partial charge in [-0.1, -0.05) is 38.1 Å². The molecule has 0 spiro atoms. The van der Waals surface area contributed by atoms with Crippen LogP contribution >= 0.6 is 0 Å². The van der Waals surface area contributed by atoms with E-state index in [1.165, 1.54) is 19.1 Å². The number of hydrogen-bond donors (Lipinski definition) is 2. The van der Waals surface area contributed by atoms with Crippen molar-refractivity contribution in [3.05, 3.63) is 66.2 Å². The summed E-state index contributed by atoms with van der Waals surface area (Å²) in [4.78, 5) is 35.6. The molecule has 140 valence electrons. The average molecular weight is 366 g/mol. The summed E-state index contributed by atoms with van der Waals surface area (Å²) in [5.41, 5.74) is 1.28. The highest BCUT2D eigenvalue weighted by Crippen LogP contribution is 2.22. The van der Waals surface area contributed by atoms with Gasteiger partial charge in [0.15, 0.2) is 0 Å². The molecule has 0 aromatic heterocycles. The molecule has 0 aliphatic rings. The van der Waals surface area contributed by atoms with Crippen molar-refractivity contribution in [1.82, 2.24) is 0 Å². The van der Waals surface area contributed by atoms with Gasteiger partial charge in [-0.25, -0.2) is 0 Å². The van der Waals surface area contributed by atoms with Crippen LogP contribution < -0.4 is 15.4 Å². The Kier molecular flexibility index (Phi) is 6.88. The second-order valence-electron chi connectivity index (χ2n) is 6.21. The summed E-state index contributed by atoms with van der Waals surface area (Å²) in [5, 5.41) is 5.51. The van der Waals surface area contributed by atoms with Crippen molar-refractivity contribution in [3.8, 4) is 5.75 Å². The second-order valence-corrected chi connectivity index (χ2v) is 6.21. The zero-order valence-electron chi connectivity index (χ0n) is 15.5. The van der Waals surface area contributed by atoms with Gasteiger partial charge in [0, 0.05) is 12.5 Å². The van der Waals surface area contributed by atoms with Crippen LogP contribution in [-0.4, -0.2) is 17.8 Å². The molecule has 6 nitrogen and oxygen atoms in total. The Labute approximate surface area is 158 Å². The number of benzene rings is 2. The molecule has 0 aliphatic heterocycles. The lowest BCUT2D eigenvalue weighted by Gasteiger charge is -2.12. The quantitative estimate of drug-likeness (QED) is 0.459. The molecular weight excluding hydrogens is 344 g/mol. The first-order chi connectivity index (χ1) is 12.8. The van der Waals surface area contributed by atoms with Crippen molar-refractivity contribution >= 4 is 29.2 Å². The Morgan fingerprint density at radius 3 is 2.26 bits per heavy atom. The Bertz CT molecular complexity index is 872. The maximum absolute atomic E-state index is 12.5. The van der Waals surface area contributed by atoms with E-state index < -0.39 is 5.97 Å². The number of esters is 1. The van der Waals surface area contributed by atoms with Crippen molar-refractivity contribution in [1.29, 1.82) is 0 Å². The predicted octanol–water partition coefficient (Wildman–Crippen LogP) is 4.01. The zero-order valence-corrected chi connectivity index (χ0v) is 15.5. The summed E-state index contributed by atoms with van der Waals surface area (Å²) in [6.07, 6.45) is 3.25. The number of ether oxygens (including phenoxy) is 1. The van der Waals surface area contributed by atoms with Crippen LogP contribution in [0.1, 0.15) is 31.1 Å². The van der Waals surface area contributed by atoms with Gasteiger partial charge in [-0.05, 0) is 42.3 Å². The Hall–Kier alpha value is -3.41. The maximum Gasteiger partial charge on any atom is 0.308 e. The van der Waals surface area contributed by atoms with Crippen molar-refractivity contribution in [2.45, 2.75) is 20.8 Å². The molecule has 2 amide bonds. The summed E-state index contributed by atoms with van der Waals surface area (Å²) in [6.45, 7) is 5.24. The average Bonchev–Trinajstić information content (AvgIpc) is 2.61. The largest absolute Gasteiger partial charge is 0.427 e. The van der Waals surface area contributed by atoms with E-state index >= 15 is 0 Å². The topological polar surface area (TPSA) is 84.5 Å². The van der Waals surface area contributed by atoms with Crippen LogP contribution in [0.25, 0.3) is 0 Å². The van der Waals surface area contributed by atoms with Crippen molar-refractivity contribution in [2.24, 2.45) is 5.92 Å². The van der Waals surface area contributed by atoms with Gasteiger partial charge in [-0.3, -0.25) is 14.4 Å². The molecule has 27 heavy (non-hydrogen) atoms. The van der Waals surface area contributed by atoms with Crippen LogP contribution in [0.5, 0.6) is 5.75 Å². The number of rotatable bonds is 6.